The predicted octanol–water partition coefficient (Wildman–Crippen LogP) is 0.702. The minimum absolute atomic E-state index is 0.0390. The average Bonchev–Trinajstić information content (AvgIpc) is 2.53. The van der Waals surface area contributed by atoms with Crippen LogP contribution in [0, 0.1) is 11.3 Å². The zero-order chi connectivity index (χ0) is 14.9. The topological polar surface area (TPSA) is 78.2 Å². The summed E-state index contributed by atoms with van der Waals surface area (Å²) in [7, 11) is 0. The van der Waals surface area contributed by atoms with E-state index in [-0.39, 0.29) is 11.9 Å². The van der Waals surface area contributed by atoms with Crippen molar-refractivity contribution in [2.45, 2.75) is 25.4 Å². The van der Waals surface area contributed by atoms with Crippen LogP contribution in [0.2, 0.25) is 0 Å². The molecule has 0 aliphatic carbocycles. The number of nitriles is 1. The number of amides is 1. The molecule has 1 saturated heterocycles. The van der Waals surface area contributed by atoms with Crippen molar-refractivity contribution >= 4 is 5.91 Å². The first-order valence-corrected chi connectivity index (χ1v) is 7.14. The summed E-state index contributed by atoms with van der Waals surface area (Å²) in [6, 6.07) is 5.93. The van der Waals surface area contributed by atoms with Crippen LogP contribution in [0.5, 0.6) is 0 Å². The van der Waals surface area contributed by atoms with Crippen LogP contribution in [0.3, 0.4) is 0 Å². The molecule has 0 saturated carbocycles. The molecule has 0 bridgehead atoms. The second kappa shape index (κ2) is 8.35. The molecule has 6 heteroatoms. The Kier molecular flexibility index (Phi) is 6.13. The number of morpholine rings is 1. The van der Waals surface area contributed by atoms with Gasteiger partial charge in [0, 0.05) is 44.5 Å². The van der Waals surface area contributed by atoms with E-state index in [9.17, 15) is 4.79 Å². The van der Waals surface area contributed by atoms with Crippen LogP contribution < -0.4 is 5.32 Å². The van der Waals surface area contributed by atoms with Gasteiger partial charge >= 0.3 is 0 Å². The van der Waals surface area contributed by atoms with E-state index in [1.807, 2.05) is 12.1 Å². The Labute approximate surface area is 124 Å². The summed E-state index contributed by atoms with van der Waals surface area (Å²) in [6.07, 6.45) is 4.18. The van der Waals surface area contributed by atoms with Gasteiger partial charge in [0.1, 0.15) is 0 Å². The van der Waals surface area contributed by atoms with E-state index in [2.05, 4.69) is 16.4 Å². The Balaban J connectivity index is 1.94. The minimum Gasteiger partial charge on any atom is -0.378 e. The molecule has 0 aromatic carbocycles. The van der Waals surface area contributed by atoms with Gasteiger partial charge in [-0.05, 0) is 11.6 Å². The van der Waals surface area contributed by atoms with Gasteiger partial charge in [-0.15, -0.1) is 0 Å². The molecule has 1 unspecified atom stereocenters. The molecule has 0 spiro atoms. The van der Waals surface area contributed by atoms with Crippen LogP contribution >= 0.6 is 0 Å². The van der Waals surface area contributed by atoms with E-state index in [1.165, 1.54) is 0 Å². The van der Waals surface area contributed by atoms with Crippen molar-refractivity contribution in [2.24, 2.45) is 0 Å². The largest absolute Gasteiger partial charge is 0.378 e. The highest BCUT2D eigenvalue weighted by atomic mass is 16.5. The Hall–Kier alpha value is -1.97. The normalized spacial score (nSPS) is 18.0. The van der Waals surface area contributed by atoms with Gasteiger partial charge in [-0.3, -0.25) is 9.78 Å². The van der Waals surface area contributed by atoms with Gasteiger partial charge in [0.25, 0.3) is 0 Å². The second-order valence-corrected chi connectivity index (χ2v) is 5.01. The van der Waals surface area contributed by atoms with Crippen LogP contribution in [0.4, 0.5) is 0 Å². The lowest BCUT2D eigenvalue weighted by molar-refractivity contribution is -0.133. The maximum atomic E-state index is 12.4. The fraction of sp³-hybridized carbons (Fsp3) is 0.533. The molecule has 2 rings (SSSR count). The summed E-state index contributed by atoms with van der Waals surface area (Å²) in [5.41, 5.74) is 0.969. The van der Waals surface area contributed by atoms with E-state index >= 15 is 0 Å². The SMILES string of the molecule is N#CCCN(Cc1cccnc1)C(=O)CC1COCCN1. The molecule has 1 N–H and O–H groups in total. The molecule has 1 amide bonds. The summed E-state index contributed by atoms with van der Waals surface area (Å²) < 4.78 is 5.37. The third-order valence-electron chi connectivity index (χ3n) is 3.36. The number of aromatic nitrogens is 1. The average molecular weight is 288 g/mol. The molecule has 6 nitrogen and oxygen atoms in total. The molecular formula is C15H20N4O2. The number of carbonyl (C=O) groups excluding carboxylic acids is 1. The van der Waals surface area contributed by atoms with E-state index in [0.29, 0.717) is 39.1 Å². The lowest BCUT2D eigenvalue weighted by Gasteiger charge is -2.27. The molecular weight excluding hydrogens is 268 g/mol. The first kappa shape index (κ1) is 15.4. The Morgan fingerprint density at radius 2 is 2.52 bits per heavy atom. The van der Waals surface area contributed by atoms with E-state index in [4.69, 9.17) is 10.00 Å². The van der Waals surface area contributed by atoms with Crippen LogP contribution in [-0.2, 0) is 16.1 Å². The zero-order valence-electron chi connectivity index (χ0n) is 12.0. The van der Waals surface area contributed by atoms with E-state index in [0.717, 1.165) is 12.1 Å². The number of rotatable bonds is 6. The number of ether oxygens (including phenoxy) is 1. The molecule has 1 aromatic rings. The summed E-state index contributed by atoms with van der Waals surface area (Å²) in [4.78, 5) is 18.2. The Morgan fingerprint density at radius 1 is 1.62 bits per heavy atom. The molecule has 1 aromatic heterocycles. The molecule has 0 radical (unpaired) electrons. The fourth-order valence-corrected chi connectivity index (χ4v) is 2.28. The maximum Gasteiger partial charge on any atom is 0.224 e. The third kappa shape index (κ3) is 5.14. The van der Waals surface area contributed by atoms with Crippen LogP contribution in [0.15, 0.2) is 24.5 Å². The molecule has 2 heterocycles. The molecule has 1 atom stereocenters. The van der Waals surface area contributed by atoms with Gasteiger partial charge < -0.3 is 15.0 Å². The standard InChI is InChI=1S/C15H20N4O2/c16-4-2-7-19(11-13-3-1-5-17-10-13)15(20)9-14-12-21-8-6-18-14/h1,3,5,10,14,18H,2,6-9,11-12H2. The van der Waals surface area contributed by atoms with Gasteiger partial charge in [-0.2, -0.15) is 5.26 Å². The van der Waals surface area contributed by atoms with Gasteiger partial charge in [-0.1, -0.05) is 6.07 Å². The lowest BCUT2D eigenvalue weighted by atomic mass is 10.1. The Bertz CT molecular complexity index is 480. The molecule has 1 fully saturated rings. The first-order chi connectivity index (χ1) is 10.3. The maximum absolute atomic E-state index is 12.4. The van der Waals surface area contributed by atoms with Gasteiger partial charge in [0.2, 0.25) is 5.91 Å². The van der Waals surface area contributed by atoms with Gasteiger partial charge in [0.15, 0.2) is 0 Å². The molecule has 21 heavy (non-hydrogen) atoms. The number of hydrogen-bond acceptors (Lipinski definition) is 5. The molecule has 1 aliphatic rings. The fourth-order valence-electron chi connectivity index (χ4n) is 2.28. The highest BCUT2D eigenvalue weighted by Gasteiger charge is 2.21. The number of nitrogens with one attached hydrogen (secondary N) is 1. The highest BCUT2D eigenvalue weighted by Crippen LogP contribution is 2.08. The summed E-state index contributed by atoms with van der Waals surface area (Å²) in [5.74, 6) is 0.0390. The minimum atomic E-state index is 0.0390. The summed E-state index contributed by atoms with van der Waals surface area (Å²) >= 11 is 0. The smallest absolute Gasteiger partial charge is 0.224 e. The number of pyridine rings is 1. The second-order valence-electron chi connectivity index (χ2n) is 5.01. The van der Waals surface area contributed by atoms with Crippen LogP contribution in [0.25, 0.3) is 0 Å². The Morgan fingerprint density at radius 3 is 3.19 bits per heavy atom. The van der Waals surface area contributed by atoms with Gasteiger partial charge in [-0.25, -0.2) is 0 Å². The zero-order valence-corrected chi connectivity index (χ0v) is 12.0. The number of nitrogens with zero attached hydrogens (tertiary/aromatic N) is 3. The van der Waals surface area contributed by atoms with Crippen molar-refractivity contribution in [3.63, 3.8) is 0 Å². The number of carbonyl (C=O) groups is 1. The van der Waals surface area contributed by atoms with Crippen LogP contribution in [0.1, 0.15) is 18.4 Å². The van der Waals surface area contributed by atoms with Crippen molar-refractivity contribution in [1.29, 1.82) is 5.26 Å². The van der Waals surface area contributed by atoms with Crippen LogP contribution in [-0.4, -0.2) is 48.1 Å². The first-order valence-electron chi connectivity index (χ1n) is 7.14. The quantitative estimate of drug-likeness (QED) is 0.834. The highest BCUT2D eigenvalue weighted by molar-refractivity contribution is 5.76. The number of hydrogen-bond donors (Lipinski definition) is 1. The summed E-state index contributed by atoms with van der Waals surface area (Å²) in [6.45, 7) is 2.96. The predicted molar refractivity (Wildman–Crippen MR) is 77.1 cm³/mol. The molecule has 1 aliphatic heterocycles. The monoisotopic (exact) mass is 288 g/mol. The summed E-state index contributed by atoms with van der Waals surface area (Å²) in [5, 5.41) is 12.0. The van der Waals surface area contributed by atoms with Crippen molar-refractivity contribution in [3.8, 4) is 6.07 Å². The van der Waals surface area contributed by atoms with Crippen molar-refractivity contribution in [2.75, 3.05) is 26.3 Å². The van der Waals surface area contributed by atoms with Crippen molar-refractivity contribution < 1.29 is 9.53 Å². The van der Waals surface area contributed by atoms with Crippen molar-refractivity contribution in [1.82, 2.24) is 15.2 Å². The molecule has 112 valence electrons. The lowest BCUT2D eigenvalue weighted by Crippen LogP contribution is -2.45. The van der Waals surface area contributed by atoms with E-state index in [1.54, 1.807) is 17.3 Å². The van der Waals surface area contributed by atoms with Crippen molar-refractivity contribution in [3.05, 3.63) is 30.1 Å². The third-order valence-corrected chi connectivity index (χ3v) is 3.36. The van der Waals surface area contributed by atoms with Gasteiger partial charge in [0.05, 0.1) is 25.7 Å². The van der Waals surface area contributed by atoms with E-state index < -0.39 is 0 Å².